The zero-order valence-electron chi connectivity index (χ0n) is 17.1. The lowest BCUT2D eigenvalue weighted by Gasteiger charge is -2.04. The molecule has 3 aromatic carbocycles. The van der Waals surface area contributed by atoms with Crippen LogP contribution in [0.25, 0.3) is 11.7 Å². The van der Waals surface area contributed by atoms with Gasteiger partial charge in [-0.25, -0.2) is 17.6 Å². The molecule has 0 aliphatic rings. The molecule has 0 radical (unpaired) electrons. The predicted molar refractivity (Wildman–Crippen MR) is 123 cm³/mol. The molecule has 0 aliphatic carbocycles. The Morgan fingerprint density at radius 2 is 1.31 bits per heavy atom. The fourth-order valence-corrected chi connectivity index (χ4v) is 3.09. The number of isothiocyanates is 1. The van der Waals surface area contributed by atoms with E-state index in [9.17, 15) is 17.6 Å². The third-order valence-electron chi connectivity index (χ3n) is 4.60. The molecule has 160 valence electrons. The molecule has 6 heteroatoms. The SMILES string of the molecule is CCCc1ccc(/C(F)=C(\F)c2ccc(C#Cc3cc(F)c(N=C=S)c(F)c3)cc2)cc1. The molecule has 0 unspecified atom stereocenters. The second kappa shape index (κ2) is 10.7. The van der Waals surface area contributed by atoms with Crippen LogP contribution in [-0.2, 0) is 6.42 Å². The molecule has 0 spiro atoms. The first-order valence-electron chi connectivity index (χ1n) is 9.77. The highest BCUT2D eigenvalue weighted by Gasteiger charge is 2.12. The molecule has 32 heavy (non-hydrogen) atoms. The first kappa shape index (κ1) is 23.1. The Morgan fingerprint density at radius 3 is 1.81 bits per heavy atom. The number of benzene rings is 3. The van der Waals surface area contributed by atoms with Crippen molar-refractivity contribution in [1.82, 2.24) is 0 Å². The fourth-order valence-electron chi connectivity index (χ4n) is 2.99. The van der Waals surface area contributed by atoms with Gasteiger partial charge in [0.25, 0.3) is 0 Å². The summed E-state index contributed by atoms with van der Waals surface area (Å²) in [4.78, 5) is 3.34. The summed E-state index contributed by atoms with van der Waals surface area (Å²) in [5.74, 6) is 1.61. The average Bonchev–Trinajstić information content (AvgIpc) is 2.80. The third-order valence-corrected chi connectivity index (χ3v) is 4.69. The Labute approximate surface area is 189 Å². The van der Waals surface area contributed by atoms with E-state index in [0.717, 1.165) is 30.5 Å². The van der Waals surface area contributed by atoms with Crippen LogP contribution in [0.4, 0.5) is 23.2 Å². The Kier molecular flexibility index (Phi) is 7.72. The van der Waals surface area contributed by atoms with Crippen molar-refractivity contribution >= 4 is 34.7 Å². The predicted octanol–water partition coefficient (Wildman–Crippen LogP) is 7.82. The number of hydrogen-bond acceptors (Lipinski definition) is 2. The molecule has 1 nitrogen and oxygen atoms in total. The zero-order valence-corrected chi connectivity index (χ0v) is 17.9. The van der Waals surface area contributed by atoms with Crippen molar-refractivity contribution in [2.45, 2.75) is 19.8 Å². The lowest BCUT2D eigenvalue weighted by molar-refractivity contribution is 0.587. The second-order valence-corrected chi connectivity index (χ2v) is 7.08. The van der Waals surface area contributed by atoms with Crippen molar-refractivity contribution in [3.05, 3.63) is 100 Å². The van der Waals surface area contributed by atoms with E-state index in [-0.39, 0.29) is 16.7 Å². The van der Waals surface area contributed by atoms with E-state index in [1.165, 1.54) is 24.3 Å². The van der Waals surface area contributed by atoms with Crippen molar-refractivity contribution in [3.8, 4) is 11.8 Å². The molecule has 0 aromatic heterocycles. The van der Waals surface area contributed by atoms with Gasteiger partial charge in [-0.2, -0.15) is 4.99 Å². The Hall–Kier alpha value is -3.52. The van der Waals surface area contributed by atoms with E-state index in [1.54, 1.807) is 24.3 Å². The highest BCUT2D eigenvalue weighted by Crippen LogP contribution is 2.29. The molecule has 0 aliphatic heterocycles. The number of hydrogen-bond donors (Lipinski definition) is 0. The summed E-state index contributed by atoms with van der Waals surface area (Å²) >= 11 is 4.36. The quantitative estimate of drug-likeness (QED) is 0.127. The smallest absolute Gasteiger partial charge is 0.166 e. The lowest BCUT2D eigenvalue weighted by Crippen LogP contribution is -1.88. The van der Waals surface area contributed by atoms with Crippen molar-refractivity contribution in [2.24, 2.45) is 4.99 Å². The summed E-state index contributed by atoms with van der Waals surface area (Å²) in [5.41, 5.74) is 1.32. The standard InChI is InChI=1S/C26H17F4NS/c1-2-3-17-6-10-20(11-7-17)24(29)25(30)21-12-8-18(9-13-21)4-5-19-14-22(27)26(31-16-32)23(28)15-19/h6-15H,2-3H2,1H3/b25-24+. The summed E-state index contributed by atoms with van der Waals surface area (Å²) < 4.78 is 56.9. The first-order valence-corrected chi connectivity index (χ1v) is 10.2. The highest BCUT2D eigenvalue weighted by atomic mass is 32.1. The normalized spacial score (nSPS) is 11.2. The maximum absolute atomic E-state index is 14.6. The molecule has 0 N–H and O–H groups in total. The Balaban J connectivity index is 1.81. The topological polar surface area (TPSA) is 12.4 Å². The summed E-state index contributed by atoms with van der Waals surface area (Å²) in [6.45, 7) is 2.05. The van der Waals surface area contributed by atoms with Crippen LogP contribution in [0.15, 0.2) is 65.7 Å². The molecule has 0 saturated heterocycles. The van der Waals surface area contributed by atoms with Crippen LogP contribution in [0, 0.1) is 23.5 Å². The maximum Gasteiger partial charge on any atom is 0.166 e. The van der Waals surface area contributed by atoms with Crippen molar-refractivity contribution in [3.63, 3.8) is 0 Å². The van der Waals surface area contributed by atoms with Gasteiger partial charge in [0.2, 0.25) is 0 Å². The van der Waals surface area contributed by atoms with E-state index in [1.807, 2.05) is 12.1 Å². The average molecular weight is 451 g/mol. The van der Waals surface area contributed by atoms with E-state index in [4.69, 9.17) is 0 Å². The minimum absolute atomic E-state index is 0.0603. The molecule has 0 amide bonds. The number of halogens is 4. The molecule has 0 fully saturated rings. The third kappa shape index (κ3) is 5.59. The molecular weight excluding hydrogens is 434 g/mol. The number of rotatable bonds is 5. The summed E-state index contributed by atoms with van der Waals surface area (Å²) in [6, 6.07) is 14.5. The van der Waals surface area contributed by atoms with Gasteiger partial charge in [0, 0.05) is 22.3 Å². The van der Waals surface area contributed by atoms with Crippen LogP contribution in [-0.4, -0.2) is 5.16 Å². The van der Waals surface area contributed by atoms with E-state index >= 15 is 0 Å². The van der Waals surface area contributed by atoms with Gasteiger partial charge in [0.15, 0.2) is 23.3 Å². The van der Waals surface area contributed by atoms with Crippen LogP contribution < -0.4 is 0 Å². The van der Waals surface area contributed by atoms with Gasteiger partial charge in [-0.15, -0.1) is 0 Å². The van der Waals surface area contributed by atoms with Gasteiger partial charge >= 0.3 is 0 Å². The van der Waals surface area contributed by atoms with Gasteiger partial charge in [-0.1, -0.05) is 61.6 Å². The van der Waals surface area contributed by atoms with Crippen molar-refractivity contribution in [2.75, 3.05) is 0 Å². The number of aliphatic imine (C=N–C) groups is 1. The van der Waals surface area contributed by atoms with E-state index < -0.39 is 29.0 Å². The summed E-state index contributed by atoms with van der Waals surface area (Å²) in [5, 5.41) is 1.91. The number of nitrogens with zero attached hydrogens (tertiary/aromatic N) is 1. The van der Waals surface area contributed by atoms with Crippen LogP contribution >= 0.6 is 12.2 Å². The van der Waals surface area contributed by atoms with Gasteiger partial charge < -0.3 is 0 Å². The van der Waals surface area contributed by atoms with Gasteiger partial charge in [-0.3, -0.25) is 0 Å². The van der Waals surface area contributed by atoms with Crippen LogP contribution in [0.2, 0.25) is 0 Å². The molecular formula is C26H17F4NS. The lowest BCUT2D eigenvalue weighted by atomic mass is 10.0. The molecule has 0 saturated carbocycles. The highest BCUT2D eigenvalue weighted by molar-refractivity contribution is 7.78. The van der Waals surface area contributed by atoms with Gasteiger partial charge in [-0.05, 0) is 48.5 Å². The van der Waals surface area contributed by atoms with Crippen molar-refractivity contribution < 1.29 is 17.6 Å². The first-order chi connectivity index (χ1) is 15.4. The molecule has 0 bridgehead atoms. The van der Waals surface area contributed by atoms with Crippen LogP contribution in [0.1, 0.15) is 41.2 Å². The van der Waals surface area contributed by atoms with E-state index in [2.05, 4.69) is 29.1 Å². The molecule has 3 rings (SSSR count). The summed E-state index contributed by atoms with van der Waals surface area (Å²) in [7, 11) is 0. The Bertz CT molecular complexity index is 1240. The zero-order chi connectivity index (χ0) is 23.1. The van der Waals surface area contributed by atoms with Gasteiger partial charge in [0.1, 0.15) is 5.69 Å². The van der Waals surface area contributed by atoms with Gasteiger partial charge in [0.05, 0.1) is 5.16 Å². The van der Waals surface area contributed by atoms with E-state index in [0.29, 0.717) is 5.56 Å². The van der Waals surface area contributed by atoms with Crippen LogP contribution in [0.3, 0.4) is 0 Å². The number of thiocarbonyl (C=S) groups is 1. The number of aryl methyl sites for hydroxylation is 1. The minimum atomic E-state index is -0.980. The molecule has 0 atom stereocenters. The Morgan fingerprint density at radius 1 is 0.812 bits per heavy atom. The summed E-state index contributed by atoms with van der Waals surface area (Å²) in [6.07, 6.45) is 1.85. The minimum Gasteiger partial charge on any atom is -0.204 e. The maximum atomic E-state index is 14.6. The fraction of sp³-hybridized carbons (Fsp3) is 0.115. The molecule has 0 heterocycles. The largest absolute Gasteiger partial charge is 0.204 e. The monoisotopic (exact) mass is 451 g/mol. The second-order valence-electron chi connectivity index (χ2n) is 6.89. The van der Waals surface area contributed by atoms with Crippen LogP contribution in [0.5, 0.6) is 0 Å². The molecule has 3 aromatic rings. The van der Waals surface area contributed by atoms with Crippen molar-refractivity contribution in [1.29, 1.82) is 0 Å².